The molecule has 1 aliphatic rings. The minimum atomic E-state index is 0. The number of rotatable bonds is 7. The molecule has 2 aromatic rings. The Labute approximate surface area is 191 Å². The zero-order chi connectivity index (χ0) is 19.8. The maximum Gasteiger partial charge on any atom is 0.194 e. The summed E-state index contributed by atoms with van der Waals surface area (Å²) in [7, 11) is 3.74. The molecular formula is C22H32IN5O. The summed E-state index contributed by atoms with van der Waals surface area (Å²) in [4.78, 5) is 13.9. The van der Waals surface area contributed by atoms with Gasteiger partial charge in [0.25, 0.3) is 0 Å². The maximum atomic E-state index is 5.23. The molecule has 6 nitrogen and oxygen atoms in total. The molecule has 158 valence electrons. The number of pyridine rings is 1. The Kier molecular flexibility index (Phi) is 9.50. The van der Waals surface area contributed by atoms with Gasteiger partial charge in [0.05, 0.1) is 13.7 Å². The van der Waals surface area contributed by atoms with Crippen molar-refractivity contribution >= 4 is 35.8 Å². The van der Waals surface area contributed by atoms with E-state index in [9.17, 15) is 0 Å². The number of benzene rings is 1. The van der Waals surface area contributed by atoms with E-state index < -0.39 is 0 Å². The Morgan fingerprint density at radius 3 is 2.41 bits per heavy atom. The highest BCUT2D eigenvalue weighted by atomic mass is 127. The Morgan fingerprint density at radius 1 is 1.14 bits per heavy atom. The number of anilines is 1. The monoisotopic (exact) mass is 509 g/mol. The van der Waals surface area contributed by atoms with Gasteiger partial charge < -0.3 is 19.9 Å². The topological polar surface area (TPSA) is 53.0 Å². The Bertz CT molecular complexity index is 758. The average molecular weight is 509 g/mol. The second-order valence-electron chi connectivity index (χ2n) is 7.09. The van der Waals surface area contributed by atoms with Crippen LogP contribution in [0, 0.1) is 0 Å². The van der Waals surface area contributed by atoms with Gasteiger partial charge in [-0.25, -0.2) is 9.98 Å². The van der Waals surface area contributed by atoms with Crippen LogP contribution in [0.15, 0.2) is 47.6 Å². The van der Waals surface area contributed by atoms with Gasteiger partial charge in [-0.05, 0) is 49.1 Å². The molecular weight excluding hydrogens is 477 g/mol. The predicted octanol–water partition coefficient (Wildman–Crippen LogP) is 3.91. The van der Waals surface area contributed by atoms with E-state index in [1.807, 2.05) is 18.3 Å². The standard InChI is InChI=1S/C22H31N5O.HI/c1-4-23-22(26(2)17-18-7-10-20(28-3)11-8-18)25-16-19-9-12-21(24-15-19)27-13-5-6-14-27;/h7-12,15H,4-6,13-14,16-17H2,1-3H3,(H,23,25);1H. The normalized spacial score (nSPS) is 13.8. The van der Waals surface area contributed by atoms with Crippen molar-refractivity contribution < 1.29 is 4.74 Å². The van der Waals surface area contributed by atoms with Crippen LogP contribution >= 0.6 is 24.0 Å². The number of nitrogens with zero attached hydrogens (tertiary/aromatic N) is 4. The molecule has 1 saturated heterocycles. The molecule has 1 aromatic heterocycles. The number of methoxy groups -OCH3 is 1. The Hall–Kier alpha value is -2.03. The summed E-state index contributed by atoms with van der Waals surface area (Å²) in [6.45, 7) is 6.54. The molecule has 7 heteroatoms. The molecule has 0 radical (unpaired) electrons. The van der Waals surface area contributed by atoms with E-state index in [0.29, 0.717) is 6.54 Å². The Balaban J connectivity index is 0.00000300. The number of aromatic nitrogens is 1. The number of nitrogens with one attached hydrogen (secondary N) is 1. The first-order valence-corrected chi connectivity index (χ1v) is 10.0. The SMILES string of the molecule is CCNC(=NCc1ccc(N2CCCC2)nc1)N(C)Cc1ccc(OC)cc1.I. The summed E-state index contributed by atoms with van der Waals surface area (Å²) in [5.74, 6) is 2.84. The van der Waals surface area contributed by atoms with Crippen LogP contribution in [0.5, 0.6) is 5.75 Å². The van der Waals surface area contributed by atoms with Gasteiger partial charge in [0.2, 0.25) is 0 Å². The lowest BCUT2D eigenvalue weighted by Gasteiger charge is -2.22. The minimum Gasteiger partial charge on any atom is -0.497 e. The van der Waals surface area contributed by atoms with Crippen LogP contribution in [0.1, 0.15) is 30.9 Å². The molecule has 2 heterocycles. The second-order valence-corrected chi connectivity index (χ2v) is 7.09. The molecule has 0 spiro atoms. The summed E-state index contributed by atoms with van der Waals surface area (Å²) in [5.41, 5.74) is 2.33. The van der Waals surface area contributed by atoms with Gasteiger partial charge in [0.1, 0.15) is 11.6 Å². The maximum absolute atomic E-state index is 5.23. The highest BCUT2D eigenvalue weighted by molar-refractivity contribution is 14.0. The molecule has 1 aliphatic heterocycles. The lowest BCUT2D eigenvalue weighted by atomic mass is 10.2. The third-order valence-corrected chi connectivity index (χ3v) is 4.93. The van der Waals surface area contributed by atoms with Crippen molar-refractivity contribution in [3.05, 3.63) is 53.7 Å². The van der Waals surface area contributed by atoms with E-state index in [4.69, 9.17) is 9.73 Å². The van der Waals surface area contributed by atoms with E-state index in [2.05, 4.69) is 58.3 Å². The van der Waals surface area contributed by atoms with Gasteiger partial charge in [-0.3, -0.25) is 0 Å². The third-order valence-electron chi connectivity index (χ3n) is 4.93. The highest BCUT2D eigenvalue weighted by Crippen LogP contribution is 2.18. The molecule has 29 heavy (non-hydrogen) atoms. The van der Waals surface area contributed by atoms with Gasteiger partial charge in [-0.15, -0.1) is 24.0 Å². The largest absolute Gasteiger partial charge is 0.497 e. The molecule has 0 saturated carbocycles. The van der Waals surface area contributed by atoms with Crippen LogP contribution in [0.25, 0.3) is 0 Å². The van der Waals surface area contributed by atoms with Gasteiger partial charge in [0, 0.05) is 39.4 Å². The van der Waals surface area contributed by atoms with Crippen molar-refractivity contribution in [2.75, 3.05) is 38.7 Å². The first-order valence-electron chi connectivity index (χ1n) is 10.0. The quantitative estimate of drug-likeness (QED) is 0.349. The molecule has 1 aromatic carbocycles. The number of guanidine groups is 1. The van der Waals surface area contributed by atoms with Crippen LogP contribution in [0.3, 0.4) is 0 Å². The third kappa shape index (κ3) is 6.76. The molecule has 0 unspecified atom stereocenters. The van der Waals surface area contributed by atoms with E-state index in [1.165, 1.54) is 18.4 Å². The van der Waals surface area contributed by atoms with E-state index in [1.54, 1.807) is 7.11 Å². The summed E-state index contributed by atoms with van der Waals surface area (Å²) in [5, 5.41) is 3.37. The molecule has 0 bridgehead atoms. The fourth-order valence-corrected chi connectivity index (χ4v) is 3.36. The molecule has 3 rings (SSSR count). The lowest BCUT2D eigenvalue weighted by Crippen LogP contribution is -2.38. The zero-order valence-electron chi connectivity index (χ0n) is 17.6. The van der Waals surface area contributed by atoms with Crippen LogP contribution in [0.2, 0.25) is 0 Å². The summed E-state index contributed by atoms with van der Waals surface area (Å²) in [6, 6.07) is 12.4. The van der Waals surface area contributed by atoms with E-state index in [0.717, 1.165) is 49.3 Å². The minimum absolute atomic E-state index is 0. The predicted molar refractivity (Wildman–Crippen MR) is 130 cm³/mol. The number of halogens is 1. The summed E-state index contributed by atoms with van der Waals surface area (Å²) in [6.07, 6.45) is 4.48. The number of hydrogen-bond acceptors (Lipinski definition) is 4. The molecule has 1 fully saturated rings. The van der Waals surface area contributed by atoms with E-state index >= 15 is 0 Å². The molecule has 0 amide bonds. The van der Waals surface area contributed by atoms with Crippen molar-refractivity contribution in [2.24, 2.45) is 4.99 Å². The number of hydrogen-bond donors (Lipinski definition) is 1. The van der Waals surface area contributed by atoms with Crippen molar-refractivity contribution in [3.8, 4) is 5.75 Å². The first-order chi connectivity index (χ1) is 13.7. The smallest absolute Gasteiger partial charge is 0.194 e. The van der Waals surface area contributed by atoms with Crippen molar-refractivity contribution in [1.29, 1.82) is 0 Å². The van der Waals surface area contributed by atoms with Crippen LogP contribution in [-0.4, -0.2) is 49.6 Å². The van der Waals surface area contributed by atoms with Crippen LogP contribution in [-0.2, 0) is 13.1 Å². The van der Waals surface area contributed by atoms with Gasteiger partial charge in [-0.2, -0.15) is 0 Å². The van der Waals surface area contributed by atoms with Gasteiger partial charge >= 0.3 is 0 Å². The van der Waals surface area contributed by atoms with Crippen molar-refractivity contribution in [2.45, 2.75) is 32.9 Å². The molecule has 0 atom stereocenters. The zero-order valence-corrected chi connectivity index (χ0v) is 19.9. The lowest BCUT2D eigenvalue weighted by molar-refractivity contribution is 0.414. The van der Waals surface area contributed by atoms with Crippen molar-refractivity contribution in [1.82, 2.24) is 15.2 Å². The Morgan fingerprint density at radius 2 is 1.83 bits per heavy atom. The fraction of sp³-hybridized carbons (Fsp3) is 0.455. The highest BCUT2D eigenvalue weighted by Gasteiger charge is 2.13. The fourth-order valence-electron chi connectivity index (χ4n) is 3.36. The van der Waals surface area contributed by atoms with Crippen LogP contribution < -0.4 is 15.0 Å². The number of aliphatic imine (C=N–C) groups is 1. The average Bonchev–Trinajstić information content (AvgIpc) is 3.27. The molecule has 0 aliphatic carbocycles. The van der Waals surface area contributed by atoms with Gasteiger partial charge in [-0.1, -0.05) is 18.2 Å². The second kappa shape index (κ2) is 11.8. The molecule has 1 N–H and O–H groups in total. The van der Waals surface area contributed by atoms with Crippen LogP contribution in [0.4, 0.5) is 5.82 Å². The summed E-state index contributed by atoms with van der Waals surface area (Å²) >= 11 is 0. The number of ether oxygens (including phenoxy) is 1. The van der Waals surface area contributed by atoms with Gasteiger partial charge in [0.15, 0.2) is 5.96 Å². The van der Waals surface area contributed by atoms with Crippen molar-refractivity contribution in [3.63, 3.8) is 0 Å². The summed E-state index contributed by atoms with van der Waals surface area (Å²) < 4.78 is 5.23. The first kappa shape index (κ1) is 23.3. The van der Waals surface area contributed by atoms with E-state index in [-0.39, 0.29) is 24.0 Å².